The highest BCUT2D eigenvalue weighted by Crippen LogP contribution is 2.15. The van der Waals surface area contributed by atoms with Gasteiger partial charge in [-0.2, -0.15) is 0 Å². The van der Waals surface area contributed by atoms with Gasteiger partial charge < -0.3 is 19.9 Å². The molecule has 112 valence electrons. The monoisotopic (exact) mass is 307 g/mol. The van der Waals surface area contributed by atoms with Crippen LogP contribution in [0.2, 0.25) is 0 Å². The van der Waals surface area contributed by atoms with E-state index in [0.717, 1.165) is 10.9 Å². The van der Waals surface area contributed by atoms with E-state index >= 15 is 0 Å². The predicted octanol–water partition coefficient (Wildman–Crippen LogP) is 1.87. The zero-order valence-corrected chi connectivity index (χ0v) is 12.9. The predicted molar refractivity (Wildman–Crippen MR) is 81.6 cm³/mol. The molecule has 1 heterocycles. The molecule has 0 aliphatic carbocycles. The van der Waals surface area contributed by atoms with Crippen LogP contribution in [0.4, 0.5) is 10.5 Å². The van der Waals surface area contributed by atoms with Gasteiger partial charge in [0.25, 0.3) is 0 Å². The maximum Gasteiger partial charge on any atom is 0.319 e. The lowest BCUT2D eigenvalue weighted by Crippen LogP contribution is -2.29. The van der Waals surface area contributed by atoms with Crippen LogP contribution in [0, 0.1) is 0 Å². The van der Waals surface area contributed by atoms with Crippen molar-refractivity contribution in [3.63, 3.8) is 0 Å². The molecule has 21 heavy (non-hydrogen) atoms. The highest BCUT2D eigenvalue weighted by Gasteiger charge is 2.09. The quantitative estimate of drug-likeness (QED) is 0.824. The molecule has 0 bridgehead atoms. The smallest absolute Gasteiger partial charge is 0.319 e. The number of nitrogens with zero attached hydrogens (tertiary/aromatic N) is 3. The van der Waals surface area contributed by atoms with Crippen molar-refractivity contribution in [1.29, 1.82) is 0 Å². The summed E-state index contributed by atoms with van der Waals surface area (Å²) in [6.07, 6.45) is 1.93. The maximum absolute atomic E-state index is 11.8. The molecule has 0 aliphatic heterocycles. The van der Waals surface area contributed by atoms with Crippen LogP contribution >= 0.6 is 11.8 Å². The van der Waals surface area contributed by atoms with Gasteiger partial charge in [0.05, 0.1) is 13.7 Å². The van der Waals surface area contributed by atoms with Crippen molar-refractivity contribution in [1.82, 2.24) is 20.1 Å². The topological polar surface area (TPSA) is 81.1 Å². The Hall–Kier alpha value is -2.22. The molecule has 2 N–H and O–H groups in total. The molecule has 0 unspecified atom stereocenters. The van der Waals surface area contributed by atoms with Gasteiger partial charge in [0, 0.05) is 12.7 Å². The summed E-state index contributed by atoms with van der Waals surface area (Å²) in [6.45, 7) is 0.312. The van der Waals surface area contributed by atoms with Crippen molar-refractivity contribution in [3.05, 3.63) is 30.1 Å². The van der Waals surface area contributed by atoms with Crippen LogP contribution in [0.15, 0.2) is 29.4 Å². The molecule has 8 heteroatoms. The molecule has 0 aliphatic rings. The molecule has 0 radical (unpaired) electrons. The summed E-state index contributed by atoms with van der Waals surface area (Å²) >= 11 is 1.51. The number of anilines is 1. The van der Waals surface area contributed by atoms with E-state index in [1.807, 2.05) is 17.9 Å². The number of carbonyl (C=O) groups excluding carboxylic acids is 1. The van der Waals surface area contributed by atoms with Crippen molar-refractivity contribution < 1.29 is 9.53 Å². The lowest BCUT2D eigenvalue weighted by atomic mass is 10.3. The van der Waals surface area contributed by atoms with Gasteiger partial charge in [0.2, 0.25) is 0 Å². The zero-order valence-electron chi connectivity index (χ0n) is 12.1. The number of nitrogens with one attached hydrogen (secondary N) is 2. The molecule has 2 rings (SSSR count). The third-order valence-electron chi connectivity index (χ3n) is 2.86. The fourth-order valence-electron chi connectivity index (χ4n) is 1.69. The van der Waals surface area contributed by atoms with Gasteiger partial charge in [-0.1, -0.05) is 11.8 Å². The molecule has 0 fully saturated rings. The number of ether oxygens (including phenoxy) is 1. The van der Waals surface area contributed by atoms with Crippen molar-refractivity contribution in [2.24, 2.45) is 7.05 Å². The number of benzene rings is 1. The maximum atomic E-state index is 11.8. The second kappa shape index (κ2) is 6.98. The molecule has 2 amide bonds. The molecule has 7 nitrogen and oxygen atoms in total. The Balaban J connectivity index is 1.87. The average molecular weight is 307 g/mol. The van der Waals surface area contributed by atoms with Gasteiger partial charge >= 0.3 is 6.03 Å². The van der Waals surface area contributed by atoms with Gasteiger partial charge in [0.1, 0.15) is 5.75 Å². The summed E-state index contributed by atoms with van der Waals surface area (Å²) < 4.78 is 6.90. The van der Waals surface area contributed by atoms with Gasteiger partial charge in [0.15, 0.2) is 11.0 Å². The zero-order chi connectivity index (χ0) is 15.2. The summed E-state index contributed by atoms with van der Waals surface area (Å²) in [5.74, 6) is 1.44. The van der Waals surface area contributed by atoms with Crippen molar-refractivity contribution in [3.8, 4) is 5.75 Å². The highest BCUT2D eigenvalue weighted by molar-refractivity contribution is 7.98. The molecular weight excluding hydrogens is 290 g/mol. The van der Waals surface area contributed by atoms with E-state index in [4.69, 9.17) is 4.74 Å². The van der Waals surface area contributed by atoms with E-state index in [2.05, 4.69) is 20.8 Å². The Morgan fingerprint density at radius 1 is 1.33 bits per heavy atom. The molecule has 1 aromatic carbocycles. The van der Waals surface area contributed by atoms with E-state index in [1.54, 1.807) is 31.4 Å². The average Bonchev–Trinajstić information content (AvgIpc) is 2.86. The van der Waals surface area contributed by atoms with E-state index in [0.29, 0.717) is 18.1 Å². The highest BCUT2D eigenvalue weighted by atomic mass is 32.2. The Morgan fingerprint density at radius 2 is 2.05 bits per heavy atom. The number of urea groups is 1. The lowest BCUT2D eigenvalue weighted by Gasteiger charge is -2.08. The Morgan fingerprint density at radius 3 is 2.62 bits per heavy atom. The minimum Gasteiger partial charge on any atom is -0.497 e. The second-order valence-electron chi connectivity index (χ2n) is 4.20. The number of hydrogen-bond donors (Lipinski definition) is 2. The number of amides is 2. The first-order valence-corrected chi connectivity index (χ1v) is 7.47. The van der Waals surface area contributed by atoms with Crippen molar-refractivity contribution in [2.75, 3.05) is 18.7 Å². The lowest BCUT2D eigenvalue weighted by molar-refractivity contribution is 0.251. The molecular formula is C13H17N5O2S. The Bertz CT molecular complexity index is 612. The summed E-state index contributed by atoms with van der Waals surface area (Å²) in [5, 5.41) is 14.3. The fourth-order valence-corrected chi connectivity index (χ4v) is 2.19. The van der Waals surface area contributed by atoms with Crippen LogP contribution in [-0.2, 0) is 13.6 Å². The molecule has 0 atom stereocenters. The first-order chi connectivity index (χ1) is 10.1. The summed E-state index contributed by atoms with van der Waals surface area (Å²) in [7, 11) is 3.46. The SMILES string of the molecule is COc1ccc(NC(=O)NCc2nnc(SC)n2C)cc1. The van der Waals surface area contributed by atoms with E-state index in [9.17, 15) is 4.79 Å². The van der Waals surface area contributed by atoms with E-state index in [1.165, 1.54) is 11.8 Å². The largest absolute Gasteiger partial charge is 0.497 e. The van der Waals surface area contributed by atoms with Gasteiger partial charge in [-0.25, -0.2) is 4.79 Å². The Kier molecular flexibility index (Phi) is 5.04. The third-order valence-corrected chi connectivity index (χ3v) is 3.58. The van der Waals surface area contributed by atoms with Crippen molar-refractivity contribution in [2.45, 2.75) is 11.7 Å². The van der Waals surface area contributed by atoms with Crippen LogP contribution in [0.1, 0.15) is 5.82 Å². The van der Waals surface area contributed by atoms with Crippen LogP contribution in [0.25, 0.3) is 0 Å². The minimum atomic E-state index is -0.297. The van der Waals surface area contributed by atoms with E-state index in [-0.39, 0.29) is 6.03 Å². The first kappa shape index (κ1) is 15.2. The number of rotatable bonds is 5. The molecule has 0 saturated carbocycles. The third kappa shape index (κ3) is 3.88. The van der Waals surface area contributed by atoms with E-state index < -0.39 is 0 Å². The number of aromatic nitrogens is 3. The fraction of sp³-hybridized carbons (Fsp3) is 0.308. The summed E-state index contributed by atoms with van der Waals surface area (Å²) in [5.41, 5.74) is 0.691. The summed E-state index contributed by atoms with van der Waals surface area (Å²) in [6, 6.07) is 6.81. The Labute approximate surface area is 127 Å². The normalized spacial score (nSPS) is 10.2. The number of methoxy groups -OCH3 is 1. The van der Waals surface area contributed by atoms with Crippen LogP contribution in [-0.4, -0.2) is 34.2 Å². The molecule has 0 saturated heterocycles. The minimum absolute atomic E-state index is 0.297. The second-order valence-corrected chi connectivity index (χ2v) is 4.97. The summed E-state index contributed by atoms with van der Waals surface area (Å²) in [4.78, 5) is 11.8. The van der Waals surface area contributed by atoms with Crippen molar-refractivity contribution >= 4 is 23.5 Å². The van der Waals surface area contributed by atoms with Crippen LogP contribution in [0.5, 0.6) is 5.75 Å². The standard InChI is InChI=1S/C13H17N5O2S/c1-18-11(16-17-13(18)21-3)8-14-12(19)15-9-4-6-10(20-2)7-5-9/h4-7H,8H2,1-3H3,(H2,14,15,19). The van der Waals surface area contributed by atoms with Gasteiger partial charge in [-0.05, 0) is 30.5 Å². The van der Waals surface area contributed by atoms with Crippen LogP contribution in [0.3, 0.4) is 0 Å². The molecule has 0 spiro atoms. The van der Waals surface area contributed by atoms with Crippen LogP contribution < -0.4 is 15.4 Å². The molecule has 2 aromatic rings. The molecule has 1 aromatic heterocycles. The van der Waals surface area contributed by atoms with Gasteiger partial charge in [-0.3, -0.25) is 0 Å². The first-order valence-electron chi connectivity index (χ1n) is 6.25. The van der Waals surface area contributed by atoms with Gasteiger partial charge in [-0.15, -0.1) is 10.2 Å². The number of thioether (sulfide) groups is 1. The number of carbonyl (C=O) groups is 1. The number of hydrogen-bond acceptors (Lipinski definition) is 5.